The molecule has 35 heavy (non-hydrogen) atoms. The van der Waals surface area contributed by atoms with Gasteiger partial charge < -0.3 is 14.9 Å². The lowest BCUT2D eigenvalue weighted by atomic mass is 9.89. The summed E-state index contributed by atoms with van der Waals surface area (Å²) in [4.78, 5) is 17.0. The van der Waals surface area contributed by atoms with E-state index in [9.17, 15) is 15.0 Å². The van der Waals surface area contributed by atoms with Gasteiger partial charge in [0.1, 0.15) is 23.4 Å². The number of halogens is 1. The number of nitrogens with zero attached hydrogens (tertiary/aromatic N) is 1. The molecule has 2 aliphatic rings. The maximum atomic E-state index is 13.7. The quantitative estimate of drug-likeness (QED) is 0.302. The number of carbonyl (C=O) groups excluding carboxylic acids is 1. The monoisotopic (exact) mass is 507 g/mol. The number of ether oxygens (including phenoxy) is 1. The summed E-state index contributed by atoms with van der Waals surface area (Å²) in [6, 6.07) is 20.1. The number of ketones is 1. The predicted octanol–water partition coefficient (Wildman–Crippen LogP) is 6.25. The van der Waals surface area contributed by atoms with Crippen molar-refractivity contribution in [1.29, 1.82) is 0 Å². The first-order valence-electron chi connectivity index (χ1n) is 11.7. The van der Waals surface area contributed by atoms with Gasteiger partial charge in [-0.3, -0.25) is 9.69 Å². The van der Waals surface area contributed by atoms with Gasteiger partial charge in [0.2, 0.25) is 0 Å². The molecule has 1 aromatic heterocycles. The van der Waals surface area contributed by atoms with E-state index in [0.717, 1.165) is 45.4 Å². The van der Waals surface area contributed by atoms with E-state index in [0.29, 0.717) is 11.1 Å². The zero-order valence-corrected chi connectivity index (χ0v) is 20.6. The summed E-state index contributed by atoms with van der Waals surface area (Å²) in [6.07, 6.45) is 4.19. The highest BCUT2D eigenvalue weighted by Gasteiger charge is 2.36. The number of fused-ring (bicyclic) bond motifs is 1. The standard InChI is InChI=1S/C28H25NO4S.ClH/c30-20-8-4-18(5-9-20)28-26(24-13-10-21(31)14-25(24)34-28)27(32)17-6-11-22(12-7-17)33-23-15-29(16-23)19-2-1-3-19;/h4-14,19,23,30-31H,1-3,15-16H2;1H. The number of rotatable bonds is 6. The van der Waals surface area contributed by atoms with E-state index in [4.69, 9.17) is 4.74 Å². The van der Waals surface area contributed by atoms with Crippen molar-refractivity contribution in [1.82, 2.24) is 4.90 Å². The van der Waals surface area contributed by atoms with Crippen LogP contribution in [0.15, 0.2) is 66.7 Å². The highest BCUT2D eigenvalue weighted by molar-refractivity contribution is 7.22. The molecule has 0 spiro atoms. The van der Waals surface area contributed by atoms with Gasteiger partial charge in [-0.15, -0.1) is 23.7 Å². The van der Waals surface area contributed by atoms with Gasteiger partial charge >= 0.3 is 0 Å². The van der Waals surface area contributed by atoms with Gasteiger partial charge in [0.15, 0.2) is 5.78 Å². The van der Waals surface area contributed by atoms with Crippen LogP contribution in [0.5, 0.6) is 17.2 Å². The van der Waals surface area contributed by atoms with Crippen LogP contribution in [0.25, 0.3) is 20.5 Å². The van der Waals surface area contributed by atoms with Crippen molar-refractivity contribution in [3.63, 3.8) is 0 Å². The number of phenolic OH excluding ortho intramolecular Hbond substituents is 2. The van der Waals surface area contributed by atoms with Crippen molar-refractivity contribution in [2.45, 2.75) is 31.4 Å². The molecule has 2 fully saturated rings. The van der Waals surface area contributed by atoms with Gasteiger partial charge in [0.05, 0.1) is 0 Å². The Morgan fingerprint density at radius 1 is 0.914 bits per heavy atom. The van der Waals surface area contributed by atoms with Crippen molar-refractivity contribution >= 4 is 39.6 Å². The van der Waals surface area contributed by atoms with Gasteiger partial charge in [-0.25, -0.2) is 0 Å². The molecule has 1 aliphatic heterocycles. The van der Waals surface area contributed by atoms with E-state index < -0.39 is 0 Å². The number of hydrogen-bond donors (Lipinski definition) is 2. The summed E-state index contributed by atoms with van der Waals surface area (Å²) >= 11 is 1.46. The molecule has 0 unspecified atom stereocenters. The molecular weight excluding hydrogens is 482 g/mol. The molecule has 0 bridgehead atoms. The fraction of sp³-hybridized carbons (Fsp3) is 0.250. The minimum Gasteiger partial charge on any atom is -0.508 e. The van der Waals surface area contributed by atoms with Crippen molar-refractivity contribution in [2.24, 2.45) is 0 Å². The predicted molar refractivity (Wildman–Crippen MR) is 141 cm³/mol. The normalized spacial score (nSPS) is 16.3. The minimum absolute atomic E-state index is 0. The van der Waals surface area contributed by atoms with Crippen LogP contribution in [0, 0.1) is 0 Å². The Morgan fingerprint density at radius 2 is 1.60 bits per heavy atom. The second-order valence-corrected chi connectivity index (χ2v) is 10.2. The molecule has 1 saturated carbocycles. The Bertz CT molecular complexity index is 1360. The van der Waals surface area contributed by atoms with Crippen molar-refractivity contribution in [2.75, 3.05) is 13.1 Å². The smallest absolute Gasteiger partial charge is 0.195 e. The molecule has 2 N–H and O–H groups in total. The molecule has 180 valence electrons. The third-order valence-corrected chi connectivity index (χ3v) is 8.12. The second-order valence-electron chi connectivity index (χ2n) is 9.17. The lowest BCUT2D eigenvalue weighted by Gasteiger charge is -2.47. The Morgan fingerprint density at radius 3 is 2.26 bits per heavy atom. The van der Waals surface area contributed by atoms with Crippen molar-refractivity contribution in [3.05, 3.63) is 77.9 Å². The molecule has 0 radical (unpaired) electrons. The molecule has 7 heteroatoms. The van der Waals surface area contributed by atoms with Crippen LogP contribution in [0.3, 0.4) is 0 Å². The first-order valence-corrected chi connectivity index (χ1v) is 12.5. The van der Waals surface area contributed by atoms with Gasteiger partial charge in [-0.1, -0.05) is 6.42 Å². The van der Waals surface area contributed by atoms with Gasteiger partial charge in [0, 0.05) is 45.2 Å². The van der Waals surface area contributed by atoms with E-state index in [1.54, 1.807) is 42.5 Å². The van der Waals surface area contributed by atoms with Gasteiger partial charge in [0.25, 0.3) is 0 Å². The summed E-state index contributed by atoms with van der Waals surface area (Å²) in [5.74, 6) is 1.05. The average Bonchev–Trinajstić information content (AvgIpc) is 3.15. The average molecular weight is 508 g/mol. The molecule has 6 rings (SSSR count). The Labute approximate surface area is 214 Å². The third-order valence-electron chi connectivity index (χ3n) is 6.92. The van der Waals surface area contributed by atoms with Crippen LogP contribution in [0.2, 0.25) is 0 Å². The van der Waals surface area contributed by atoms with E-state index in [1.807, 2.05) is 24.3 Å². The van der Waals surface area contributed by atoms with Crippen molar-refractivity contribution < 1.29 is 19.7 Å². The highest BCUT2D eigenvalue weighted by atomic mass is 35.5. The zero-order valence-electron chi connectivity index (χ0n) is 19.0. The first kappa shape index (κ1) is 23.7. The number of hydrogen-bond acceptors (Lipinski definition) is 6. The second kappa shape index (κ2) is 9.53. The Kier molecular flexibility index (Phi) is 6.45. The van der Waals surface area contributed by atoms with Crippen LogP contribution < -0.4 is 4.74 Å². The highest BCUT2D eigenvalue weighted by Crippen LogP contribution is 2.41. The van der Waals surface area contributed by atoms with Crippen LogP contribution in [0.1, 0.15) is 35.2 Å². The van der Waals surface area contributed by atoms with Gasteiger partial charge in [-0.05, 0) is 85.1 Å². The van der Waals surface area contributed by atoms with Crippen LogP contribution in [-0.2, 0) is 0 Å². The summed E-state index contributed by atoms with van der Waals surface area (Å²) in [7, 11) is 0. The van der Waals surface area contributed by atoms with E-state index in [-0.39, 0.29) is 35.8 Å². The lowest BCUT2D eigenvalue weighted by molar-refractivity contribution is -0.0308. The van der Waals surface area contributed by atoms with Crippen LogP contribution in [-0.4, -0.2) is 46.1 Å². The number of thiophene rings is 1. The first-order chi connectivity index (χ1) is 16.5. The molecule has 2 heterocycles. The van der Waals surface area contributed by atoms with Crippen LogP contribution in [0.4, 0.5) is 0 Å². The Balaban J connectivity index is 0.00000253. The van der Waals surface area contributed by atoms with Gasteiger partial charge in [-0.2, -0.15) is 0 Å². The topological polar surface area (TPSA) is 70.0 Å². The largest absolute Gasteiger partial charge is 0.508 e. The SMILES string of the molecule is Cl.O=C(c1ccc(OC2CN(C3CCC3)C2)cc1)c1c(-c2ccc(O)cc2)sc2cc(O)ccc12. The zero-order chi connectivity index (χ0) is 23.2. The molecule has 0 amide bonds. The number of carbonyl (C=O) groups is 1. The molecule has 1 saturated heterocycles. The third kappa shape index (κ3) is 4.49. The fourth-order valence-electron chi connectivity index (χ4n) is 4.74. The maximum Gasteiger partial charge on any atom is 0.195 e. The molecule has 5 nitrogen and oxygen atoms in total. The number of benzene rings is 3. The summed E-state index contributed by atoms with van der Waals surface area (Å²) in [6.45, 7) is 1.96. The molecule has 1 aliphatic carbocycles. The molecule has 3 aromatic carbocycles. The van der Waals surface area contributed by atoms with Crippen LogP contribution >= 0.6 is 23.7 Å². The molecule has 4 aromatic rings. The van der Waals surface area contributed by atoms with E-state index in [1.165, 1.54) is 30.6 Å². The molecular formula is C28H26ClNO4S. The summed E-state index contributed by atoms with van der Waals surface area (Å²) < 4.78 is 6.95. The number of aromatic hydroxyl groups is 2. The van der Waals surface area contributed by atoms with E-state index >= 15 is 0 Å². The summed E-state index contributed by atoms with van der Waals surface area (Å²) in [5, 5.41) is 20.5. The lowest BCUT2D eigenvalue weighted by Crippen LogP contribution is -2.59. The number of likely N-dealkylation sites (tertiary alicyclic amines) is 1. The Hall–Kier alpha value is -3.06. The molecule has 0 atom stereocenters. The summed E-state index contributed by atoms with van der Waals surface area (Å²) in [5.41, 5.74) is 2.04. The fourth-order valence-corrected chi connectivity index (χ4v) is 5.98. The van der Waals surface area contributed by atoms with Crippen molar-refractivity contribution in [3.8, 4) is 27.7 Å². The number of phenols is 2. The van der Waals surface area contributed by atoms with E-state index in [2.05, 4.69) is 4.90 Å². The maximum absolute atomic E-state index is 13.7. The minimum atomic E-state index is -0.0774.